The van der Waals surface area contributed by atoms with Crippen LogP contribution in [0.4, 0.5) is 0 Å². The Morgan fingerprint density at radius 3 is 2.95 bits per heavy atom. The number of fused-ring (bicyclic) bond motifs is 1. The molecular weight excluding hydrogens is 236 g/mol. The molecule has 1 atom stereocenters. The third-order valence-electron chi connectivity index (χ3n) is 3.78. The van der Waals surface area contributed by atoms with Crippen LogP contribution in [0.3, 0.4) is 0 Å². The van der Waals surface area contributed by atoms with Crippen LogP contribution in [0.5, 0.6) is 5.75 Å². The van der Waals surface area contributed by atoms with Crippen molar-refractivity contribution in [3.8, 4) is 5.75 Å². The first-order valence-electron chi connectivity index (χ1n) is 7.49. The first-order valence-corrected chi connectivity index (χ1v) is 7.49. The summed E-state index contributed by atoms with van der Waals surface area (Å²) < 4.78 is 5.74. The van der Waals surface area contributed by atoms with E-state index in [1.165, 1.54) is 18.5 Å². The van der Waals surface area contributed by atoms with Gasteiger partial charge in [0.1, 0.15) is 5.75 Å². The van der Waals surface area contributed by atoms with Crippen LogP contribution < -0.4 is 10.5 Å². The van der Waals surface area contributed by atoms with Gasteiger partial charge in [-0.05, 0) is 50.5 Å². The summed E-state index contributed by atoms with van der Waals surface area (Å²) in [6.07, 6.45) is 3.42. The third-order valence-corrected chi connectivity index (χ3v) is 3.78. The Morgan fingerprint density at radius 1 is 1.32 bits per heavy atom. The van der Waals surface area contributed by atoms with Crippen molar-refractivity contribution in [1.82, 2.24) is 4.90 Å². The summed E-state index contributed by atoms with van der Waals surface area (Å²) in [6, 6.07) is 8.47. The molecule has 3 nitrogen and oxygen atoms in total. The van der Waals surface area contributed by atoms with Crippen molar-refractivity contribution in [2.24, 2.45) is 5.73 Å². The largest absolute Gasteiger partial charge is 0.493 e. The Hall–Kier alpha value is -1.06. The zero-order chi connectivity index (χ0) is 13.5. The third kappa shape index (κ3) is 3.95. The van der Waals surface area contributed by atoms with E-state index in [1.54, 1.807) is 0 Å². The average Bonchev–Trinajstić information content (AvgIpc) is 2.45. The van der Waals surface area contributed by atoms with E-state index in [2.05, 4.69) is 36.1 Å². The van der Waals surface area contributed by atoms with E-state index in [-0.39, 0.29) is 0 Å². The lowest BCUT2D eigenvalue weighted by molar-refractivity contribution is 0.210. The molecule has 0 aromatic heterocycles. The van der Waals surface area contributed by atoms with Gasteiger partial charge < -0.3 is 15.4 Å². The fourth-order valence-corrected chi connectivity index (χ4v) is 2.84. The van der Waals surface area contributed by atoms with Crippen molar-refractivity contribution < 1.29 is 4.74 Å². The summed E-state index contributed by atoms with van der Waals surface area (Å²) in [5, 5.41) is 0. The summed E-state index contributed by atoms with van der Waals surface area (Å²) in [5.74, 6) is 1.68. The molecule has 1 aliphatic rings. The van der Waals surface area contributed by atoms with Crippen LogP contribution in [0.15, 0.2) is 24.3 Å². The lowest BCUT2D eigenvalue weighted by Crippen LogP contribution is -2.33. The van der Waals surface area contributed by atoms with E-state index in [9.17, 15) is 0 Å². The highest BCUT2D eigenvalue weighted by Gasteiger charge is 2.22. The van der Waals surface area contributed by atoms with Crippen LogP contribution in [0.25, 0.3) is 0 Å². The molecule has 0 amide bonds. The van der Waals surface area contributed by atoms with Crippen molar-refractivity contribution in [1.29, 1.82) is 0 Å². The molecule has 0 aliphatic carbocycles. The van der Waals surface area contributed by atoms with Gasteiger partial charge in [-0.2, -0.15) is 0 Å². The van der Waals surface area contributed by atoms with Crippen molar-refractivity contribution in [3.05, 3.63) is 29.8 Å². The second-order valence-electron chi connectivity index (χ2n) is 5.31. The van der Waals surface area contributed by atoms with Gasteiger partial charge in [0.2, 0.25) is 0 Å². The van der Waals surface area contributed by atoms with Crippen LogP contribution in [0, 0.1) is 0 Å². The number of rotatable bonds is 7. The molecule has 2 N–H and O–H groups in total. The Kier molecular flexibility index (Phi) is 5.67. The van der Waals surface area contributed by atoms with Gasteiger partial charge in [0.15, 0.2) is 0 Å². The molecule has 0 spiro atoms. The highest BCUT2D eigenvalue weighted by molar-refractivity contribution is 5.37. The van der Waals surface area contributed by atoms with E-state index < -0.39 is 0 Å². The number of hydrogen-bond donors (Lipinski definition) is 1. The SMILES string of the molecule is CCCN(CCCN)CC1CCOc2ccccc21. The van der Waals surface area contributed by atoms with Crippen molar-refractivity contribution >= 4 is 0 Å². The van der Waals surface area contributed by atoms with Crippen molar-refractivity contribution in [2.75, 3.05) is 32.8 Å². The van der Waals surface area contributed by atoms with Gasteiger partial charge in [-0.1, -0.05) is 25.1 Å². The van der Waals surface area contributed by atoms with Crippen LogP contribution in [-0.4, -0.2) is 37.7 Å². The van der Waals surface area contributed by atoms with E-state index in [4.69, 9.17) is 10.5 Å². The van der Waals surface area contributed by atoms with Crippen LogP contribution in [0.1, 0.15) is 37.7 Å². The van der Waals surface area contributed by atoms with Gasteiger partial charge in [0.25, 0.3) is 0 Å². The molecule has 1 unspecified atom stereocenters. The molecule has 1 aliphatic heterocycles. The smallest absolute Gasteiger partial charge is 0.122 e. The van der Waals surface area contributed by atoms with Crippen molar-refractivity contribution in [3.63, 3.8) is 0 Å². The molecule has 1 aromatic carbocycles. The van der Waals surface area contributed by atoms with Gasteiger partial charge in [-0.15, -0.1) is 0 Å². The van der Waals surface area contributed by atoms with Gasteiger partial charge >= 0.3 is 0 Å². The van der Waals surface area contributed by atoms with Gasteiger partial charge in [0, 0.05) is 12.5 Å². The Morgan fingerprint density at radius 2 is 2.16 bits per heavy atom. The van der Waals surface area contributed by atoms with Gasteiger partial charge in [-0.3, -0.25) is 0 Å². The molecule has 0 radical (unpaired) electrons. The molecule has 2 rings (SSSR count). The van der Waals surface area contributed by atoms with Crippen LogP contribution >= 0.6 is 0 Å². The zero-order valence-corrected chi connectivity index (χ0v) is 12.0. The number of benzene rings is 1. The Balaban J connectivity index is 2.01. The summed E-state index contributed by atoms with van der Waals surface area (Å²) >= 11 is 0. The standard InChI is InChI=1S/C16H26N2O/c1-2-10-18(11-5-9-17)13-14-8-12-19-16-7-4-3-6-15(14)16/h3-4,6-7,14H,2,5,8-13,17H2,1H3. The minimum absolute atomic E-state index is 0.606. The fourth-order valence-electron chi connectivity index (χ4n) is 2.84. The molecule has 0 saturated carbocycles. The summed E-state index contributed by atoms with van der Waals surface area (Å²) in [5.41, 5.74) is 7.01. The number of nitrogens with two attached hydrogens (primary N) is 1. The molecule has 0 fully saturated rings. The van der Waals surface area contributed by atoms with E-state index in [1.807, 2.05) is 0 Å². The summed E-state index contributed by atoms with van der Waals surface area (Å²) in [7, 11) is 0. The minimum atomic E-state index is 0.606. The molecule has 3 heteroatoms. The molecule has 1 heterocycles. The topological polar surface area (TPSA) is 38.5 Å². The lowest BCUT2D eigenvalue weighted by atomic mass is 9.92. The van der Waals surface area contributed by atoms with E-state index in [0.717, 1.165) is 44.8 Å². The minimum Gasteiger partial charge on any atom is -0.493 e. The van der Waals surface area contributed by atoms with Gasteiger partial charge in [-0.25, -0.2) is 0 Å². The molecule has 0 bridgehead atoms. The van der Waals surface area contributed by atoms with Gasteiger partial charge in [0.05, 0.1) is 6.61 Å². The Bertz CT molecular complexity index is 381. The van der Waals surface area contributed by atoms with E-state index >= 15 is 0 Å². The number of hydrogen-bond acceptors (Lipinski definition) is 3. The second kappa shape index (κ2) is 7.51. The lowest BCUT2D eigenvalue weighted by Gasteiger charge is -2.31. The predicted molar refractivity (Wildman–Crippen MR) is 79.7 cm³/mol. The average molecular weight is 262 g/mol. The quantitative estimate of drug-likeness (QED) is 0.821. The molecule has 19 heavy (non-hydrogen) atoms. The van der Waals surface area contributed by atoms with Crippen LogP contribution in [0.2, 0.25) is 0 Å². The highest BCUT2D eigenvalue weighted by atomic mass is 16.5. The second-order valence-corrected chi connectivity index (χ2v) is 5.31. The maximum Gasteiger partial charge on any atom is 0.122 e. The maximum atomic E-state index is 5.74. The first kappa shape index (κ1) is 14.4. The summed E-state index contributed by atoms with van der Waals surface area (Å²) in [6.45, 7) is 7.29. The molecule has 0 saturated heterocycles. The number of ether oxygens (including phenoxy) is 1. The maximum absolute atomic E-state index is 5.74. The first-order chi connectivity index (χ1) is 9.35. The van der Waals surface area contributed by atoms with Crippen molar-refractivity contribution in [2.45, 2.75) is 32.1 Å². The van der Waals surface area contributed by atoms with E-state index in [0.29, 0.717) is 5.92 Å². The monoisotopic (exact) mass is 262 g/mol. The van der Waals surface area contributed by atoms with Crippen LogP contribution in [-0.2, 0) is 0 Å². The molecule has 1 aromatic rings. The normalized spacial score (nSPS) is 18.2. The number of para-hydroxylation sites is 1. The summed E-state index contributed by atoms with van der Waals surface area (Å²) in [4.78, 5) is 2.56. The predicted octanol–water partition coefficient (Wildman–Crippen LogP) is 2.61. The number of nitrogens with zero attached hydrogens (tertiary/aromatic N) is 1. The zero-order valence-electron chi connectivity index (χ0n) is 12.0. The fraction of sp³-hybridized carbons (Fsp3) is 0.625. The molecular formula is C16H26N2O. The Labute approximate surface area is 116 Å². The molecule has 106 valence electrons. The highest BCUT2D eigenvalue weighted by Crippen LogP contribution is 2.33.